The number of rotatable bonds is 3. The predicted molar refractivity (Wildman–Crippen MR) is 69.3 cm³/mol. The van der Waals surface area contributed by atoms with E-state index in [1.807, 2.05) is 11.8 Å². The van der Waals surface area contributed by atoms with Crippen LogP contribution in [0.2, 0.25) is 0 Å². The highest BCUT2D eigenvalue weighted by Gasteiger charge is 2.21. The second-order valence-corrected chi connectivity index (χ2v) is 5.86. The van der Waals surface area contributed by atoms with Crippen LogP contribution in [0.1, 0.15) is 45.1 Å². The Balaban J connectivity index is 2.41. The lowest BCUT2D eigenvalue weighted by Crippen LogP contribution is -2.14. The Hall–Kier alpha value is -0.770. The maximum absolute atomic E-state index is 4.65. The van der Waals surface area contributed by atoms with Crippen LogP contribution in [-0.2, 0) is 6.42 Å². The second kappa shape index (κ2) is 4.62. The van der Waals surface area contributed by atoms with Crippen molar-refractivity contribution in [1.82, 2.24) is 9.97 Å². The SMILES string of the molecule is CC(C)Nc1nc(C(C)C)nc2c1SCC2. The normalized spacial score (nSPS) is 14.6. The molecule has 1 N–H and O–H groups in total. The lowest BCUT2D eigenvalue weighted by molar-refractivity contribution is 0.745. The molecule has 4 heteroatoms. The van der Waals surface area contributed by atoms with Gasteiger partial charge in [0.05, 0.1) is 10.6 Å². The van der Waals surface area contributed by atoms with E-state index in [9.17, 15) is 0 Å². The zero-order valence-electron chi connectivity index (χ0n) is 10.4. The minimum atomic E-state index is 0.392. The molecule has 3 nitrogen and oxygen atoms in total. The van der Waals surface area contributed by atoms with Gasteiger partial charge in [-0.25, -0.2) is 9.97 Å². The average molecular weight is 237 g/mol. The molecule has 2 heterocycles. The molecule has 0 saturated carbocycles. The quantitative estimate of drug-likeness (QED) is 0.876. The van der Waals surface area contributed by atoms with E-state index >= 15 is 0 Å². The van der Waals surface area contributed by atoms with Crippen LogP contribution in [0.15, 0.2) is 4.90 Å². The third-order valence-electron chi connectivity index (χ3n) is 2.48. The molecule has 0 spiro atoms. The van der Waals surface area contributed by atoms with Crippen LogP contribution in [0.5, 0.6) is 0 Å². The smallest absolute Gasteiger partial charge is 0.143 e. The van der Waals surface area contributed by atoms with Gasteiger partial charge >= 0.3 is 0 Å². The molecular weight excluding hydrogens is 218 g/mol. The lowest BCUT2D eigenvalue weighted by atomic mass is 10.2. The summed E-state index contributed by atoms with van der Waals surface area (Å²) in [6.45, 7) is 8.57. The van der Waals surface area contributed by atoms with E-state index in [-0.39, 0.29) is 0 Å². The Morgan fingerprint density at radius 1 is 1.19 bits per heavy atom. The van der Waals surface area contributed by atoms with Gasteiger partial charge in [0, 0.05) is 24.1 Å². The van der Waals surface area contributed by atoms with Gasteiger partial charge in [-0.1, -0.05) is 13.8 Å². The van der Waals surface area contributed by atoms with Crippen molar-refractivity contribution in [3.05, 3.63) is 11.5 Å². The number of hydrogen-bond donors (Lipinski definition) is 1. The molecule has 1 aromatic heterocycles. The first-order chi connectivity index (χ1) is 7.58. The van der Waals surface area contributed by atoms with E-state index in [1.54, 1.807) is 0 Å². The van der Waals surface area contributed by atoms with Crippen LogP contribution in [0, 0.1) is 0 Å². The van der Waals surface area contributed by atoms with E-state index in [1.165, 1.54) is 10.6 Å². The predicted octanol–water partition coefficient (Wildman–Crippen LogP) is 3.07. The summed E-state index contributed by atoms with van der Waals surface area (Å²) in [5, 5.41) is 3.43. The number of hydrogen-bond acceptors (Lipinski definition) is 4. The minimum Gasteiger partial charge on any atom is -0.367 e. The Morgan fingerprint density at radius 3 is 2.56 bits per heavy atom. The lowest BCUT2D eigenvalue weighted by Gasteiger charge is -2.15. The molecule has 0 aromatic carbocycles. The summed E-state index contributed by atoms with van der Waals surface area (Å²) in [7, 11) is 0. The van der Waals surface area contributed by atoms with Gasteiger partial charge in [-0.15, -0.1) is 11.8 Å². The molecule has 0 atom stereocenters. The van der Waals surface area contributed by atoms with Crippen molar-refractivity contribution in [2.45, 2.75) is 51.0 Å². The van der Waals surface area contributed by atoms with Gasteiger partial charge in [0.15, 0.2) is 0 Å². The summed E-state index contributed by atoms with van der Waals surface area (Å²) < 4.78 is 0. The monoisotopic (exact) mass is 237 g/mol. The van der Waals surface area contributed by atoms with Gasteiger partial charge < -0.3 is 5.32 Å². The average Bonchev–Trinajstić information content (AvgIpc) is 2.64. The third kappa shape index (κ3) is 2.32. The van der Waals surface area contributed by atoms with E-state index < -0.39 is 0 Å². The Morgan fingerprint density at radius 2 is 1.94 bits per heavy atom. The highest BCUT2D eigenvalue weighted by atomic mass is 32.2. The highest BCUT2D eigenvalue weighted by Crippen LogP contribution is 2.36. The first kappa shape index (κ1) is 11.7. The molecule has 0 fully saturated rings. The van der Waals surface area contributed by atoms with Crippen molar-refractivity contribution in [1.29, 1.82) is 0 Å². The van der Waals surface area contributed by atoms with Crippen molar-refractivity contribution in [2.24, 2.45) is 0 Å². The molecule has 0 unspecified atom stereocenters. The summed E-state index contributed by atoms with van der Waals surface area (Å²) in [6, 6.07) is 0.417. The van der Waals surface area contributed by atoms with Crippen molar-refractivity contribution in [3.8, 4) is 0 Å². The second-order valence-electron chi connectivity index (χ2n) is 4.76. The Bertz CT molecular complexity index is 388. The number of thioether (sulfide) groups is 1. The first-order valence-electron chi connectivity index (χ1n) is 5.88. The standard InChI is InChI=1S/C12H19N3S/c1-7(2)11-14-9-5-6-16-10(9)12(15-11)13-8(3)4/h7-8H,5-6H2,1-4H3,(H,13,14,15). The summed E-state index contributed by atoms with van der Waals surface area (Å²) in [5.41, 5.74) is 1.23. The molecular formula is C12H19N3S. The van der Waals surface area contributed by atoms with Crippen LogP contribution in [-0.4, -0.2) is 21.8 Å². The molecule has 88 valence electrons. The van der Waals surface area contributed by atoms with Crippen LogP contribution < -0.4 is 5.32 Å². The maximum Gasteiger partial charge on any atom is 0.143 e. The highest BCUT2D eigenvalue weighted by molar-refractivity contribution is 7.99. The molecule has 0 amide bonds. The first-order valence-corrected chi connectivity index (χ1v) is 6.86. The topological polar surface area (TPSA) is 37.8 Å². The van der Waals surface area contributed by atoms with Gasteiger partial charge in [-0.2, -0.15) is 0 Å². The summed E-state index contributed by atoms with van der Waals surface area (Å²) in [5.74, 6) is 3.53. The summed E-state index contributed by atoms with van der Waals surface area (Å²) in [6.07, 6.45) is 1.08. The molecule has 0 saturated heterocycles. The van der Waals surface area contributed by atoms with E-state index in [0.717, 1.165) is 23.8 Å². The van der Waals surface area contributed by atoms with Crippen molar-refractivity contribution < 1.29 is 0 Å². The molecule has 1 aromatic rings. The number of fused-ring (bicyclic) bond motifs is 1. The van der Waals surface area contributed by atoms with Gasteiger partial charge in [0.2, 0.25) is 0 Å². The number of nitrogens with one attached hydrogen (secondary N) is 1. The minimum absolute atomic E-state index is 0.392. The van der Waals surface area contributed by atoms with Crippen molar-refractivity contribution >= 4 is 17.6 Å². The molecule has 16 heavy (non-hydrogen) atoms. The van der Waals surface area contributed by atoms with Gasteiger partial charge in [0.25, 0.3) is 0 Å². The zero-order chi connectivity index (χ0) is 11.7. The zero-order valence-corrected chi connectivity index (χ0v) is 11.2. The molecule has 2 rings (SSSR count). The van der Waals surface area contributed by atoms with E-state index in [2.05, 4.69) is 43.0 Å². The number of aromatic nitrogens is 2. The maximum atomic E-state index is 4.65. The fourth-order valence-electron chi connectivity index (χ4n) is 1.72. The Labute approximate surface area is 101 Å². The van der Waals surface area contributed by atoms with Crippen LogP contribution in [0.3, 0.4) is 0 Å². The number of anilines is 1. The largest absolute Gasteiger partial charge is 0.367 e. The molecule has 0 aliphatic carbocycles. The van der Waals surface area contributed by atoms with Crippen LogP contribution in [0.4, 0.5) is 5.82 Å². The van der Waals surface area contributed by atoms with E-state index in [0.29, 0.717) is 12.0 Å². The molecule has 1 aliphatic heterocycles. The van der Waals surface area contributed by atoms with Crippen LogP contribution in [0.25, 0.3) is 0 Å². The van der Waals surface area contributed by atoms with Gasteiger partial charge in [-0.3, -0.25) is 0 Å². The van der Waals surface area contributed by atoms with Crippen molar-refractivity contribution in [3.63, 3.8) is 0 Å². The third-order valence-corrected chi connectivity index (χ3v) is 3.61. The molecule has 1 aliphatic rings. The fraction of sp³-hybridized carbons (Fsp3) is 0.667. The van der Waals surface area contributed by atoms with Crippen LogP contribution >= 0.6 is 11.8 Å². The van der Waals surface area contributed by atoms with Gasteiger partial charge in [0.1, 0.15) is 11.6 Å². The molecule has 0 radical (unpaired) electrons. The number of aryl methyl sites for hydroxylation is 1. The number of nitrogens with zero attached hydrogens (tertiary/aromatic N) is 2. The summed E-state index contributed by atoms with van der Waals surface area (Å²) >= 11 is 1.87. The fourth-order valence-corrected chi connectivity index (χ4v) is 2.77. The Kier molecular flexibility index (Phi) is 3.38. The molecule has 0 bridgehead atoms. The summed E-state index contributed by atoms with van der Waals surface area (Å²) in [4.78, 5) is 10.6. The van der Waals surface area contributed by atoms with Crippen molar-refractivity contribution in [2.75, 3.05) is 11.1 Å². The van der Waals surface area contributed by atoms with Gasteiger partial charge in [-0.05, 0) is 13.8 Å². The van der Waals surface area contributed by atoms with E-state index in [4.69, 9.17) is 0 Å².